The van der Waals surface area contributed by atoms with Crippen molar-refractivity contribution in [3.8, 4) is 44.5 Å². The van der Waals surface area contributed by atoms with Crippen molar-refractivity contribution in [1.82, 2.24) is 0 Å². The first-order valence-electron chi connectivity index (χ1n) is 20.6. The number of aryl methyl sites for hydroxylation is 1. The normalized spacial score (nSPS) is 16.4. The SMILES string of the molecule is CC(=Cc1c(C)ccc2cc3c(cc12)C(C)(C)c1ccccc1-3)c1ccc2c(c1)C(C)(C)c1cc(-c3ccc4c(c3)C(C)(C)c3cc(C(C)C)ccc3-4)ccc1-2. The molecule has 0 heteroatoms. The van der Waals surface area contributed by atoms with Gasteiger partial charge in [0, 0.05) is 16.2 Å². The second-order valence-corrected chi connectivity index (χ2v) is 18.9. The van der Waals surface area contributed by atoms with Crippen LogP contribution in [0.3, 0.4) is 0 Å². The van der Waals surface area contributed by atoms with E-state index in [9.17, 15) is 0 Å². The maximum absolute atomic E-state index is 2.49. The Bertz CT molecular complexity index is 2860. The monoisotopic (exact) mass is 724 g/mol. The van der Waals surface area contributed by atoms with Crippen LogP contribution in [0.15, 0.2) is 121 Å². The highest BCUT2D eigenvalue weighted by molar-refractivity contribution is 6.01. The third-order valence-electron chi connectivity index (χ3n) is 14.2. The lowest BCUT2D eigenvalue weighted by Crippen LogP contribution is -2.16. The van der Waals surface area contributed by atoms with Crippen LogP contribution in [-0.2, 0) is 16.2 Å². The Morgan fingerprint density at radius 1 is 0.482 bits per heavy atom. The molecule has 0 atom stereocenters. The first-order valence-corrected chi connectivity index (χ1v) is 20.6. The summed E-state index contributed by atoms with van der Waals surface area (Å²) >= 11 is 0. The van der Waals surface area contributed by atoms with E-state index in [2.05, 4.69) is 197 Å². The largest absolute Gasteiger partial charge is 0.0619 e. The topological polar surface area (TPSA) is 0 Å². The zero-order valence-electron chi connectivity index (χ0n) is 34.7. The van der Waals surface area contributed by atoms with Crippen molar-refractivity contribution in [2.75, 3.05) is 0 Å². The van der Waals surface area contributed by atoms with Crippen molar-refractivity contribution in [3.63, 3.8) is 0 Å². The van der Waals surface area contributed by atoms with Gasteiger partial charge in [0.15, 0.2) is 0 Å². The Morgan fingerprint density at radius 2 is 1.00 bits per heavy atom. The van der Waals surface area contributed by atoms with Crippen molar-refractivity contribution in [1.29, 1.82) is 0 Å². The predicted octanol–water partition coefficient (Wildman–Crippen LogP) is 15.4. The molecule has 0 aliphatic heterocycles. The minimum absolute atomic E-state index is 0.0267. The number of allylic oxidation sites excluding steroid dienone is 1. The molecule has 3 aliphatic rings. The van der Waals surface area contributed by atoms with Crippen LogP contribution in [0.1, 0.15) is 124 Å². The molecule has 0 unspecified atom stereocenters. The molecule has 0 nitrogen and oxygen atoms in total. The molecule has 7 aromatic rings. The molecule has 7 aromatic carbocycles. The fourth-order valence-electron chi connectivity index (χ4n) is 10.6. The summed E-state index contributed by atoms with van der Waals surface area (Å²) < 4.78 is 0. The first kappa shape index (κ1) is 35.0. The van der Waals surface area contributed by atoms with Crippen molar-refractivity contribution >= 4 is 22.4 Å². The fourth-order valence-corrected chi connectivity index (χ4v) is 10.6. The van der Waals surface area contributed by atoms with E-state index >= 15 is 0 Å². The van der Waals surface area contributed by atoms with E-state index in [-0.39, 0.29) is 16.2 Å². The quantitative estimate of drug-likeness (QED) is 0.159. The lowest BCUT2D eigenvalue weighted by molar-refractivity contribution is 0.657. The van der Waals surface area contributed by atoms with Gasteiger partial charge in [0.25, 0.3) is 0 Å². The van der Waals surface area contributed by atoms with Gasteiger partial charge in [-0.05, 0) is 167 Å². The van der Waals surface area contributed by atoms with Gasteiger partial charge >= 0.3 is 0 Å². The zero-order chi connectivity index (χ0) is 39.1. The molecule has 0 saturated carbocycles. The van der Waals surface area contributed by atoms with Crippen LogP contribution in [-0.4, -0.2) is 0 Å². The number of rotatable bonds is 4. The number of fused-ring (bicyclic) bond motifs is 10. The van der Waals surface area contributed by atoms with Crippen LogP contribution in [0.5, 0.6) is 0 Å². The van der Waals surface area contributed by atoms with Crippen LogP contribution < -0.4 is 0 Å². The van der Waals surface area contributed by atoms with Crippen LogP contribution in [0, 0.1) is 6.92 Å². The van der Waals surface area contributed by atoms with Crippen LogP contribution in [0.25, 0.3) is 66.9 Å². The summed E-state index contributed by atoms with van der Waals surface area (Å²) in [5.41, 5.74) is 25.8. The average Bonchev–Trinajstić information content (AvgIpc) is 3.66. The van der Waals surface area contributed by atoms with E-state index in [0.29, 0.717) is 5.92 Å². The summed E-state index contributed by atoms with van der Waals surface area (Å²) in [6, 6.07) is 47.1. The summed E-state index contributed by atoms with van der Waals surface area (Å²) in [4.78, 5) is 0. The Morgan fingerprint density at radius 3 is 1.64 bits per heavy atom. The molecule has 0 saturated heterocycles. The molecular weight excluding hydrogens is 673 g/mol. The summed E-state index contributed by atoms with van der Waals surface area (Å²) in [6.45, 7) is 23.5. The van der Waals surface area contributed by atoms with E-state index in [1.807, 2.05) is 0 Å². The standard InChI is InChI=1S/C56H52/c1-32(2)35-17-21-41-43-23-19-37(29-51(43)55(7,8)49(41)27-35)38-20-24-44-42-22-18-36(28-50(42)56(9,10)52(44)30-38)34(4)25-45-33(3)15-16-39-26-47-40-13-11-12-14-48(40)54(5,6)53(47)31-46(39)45/h11-32H,1-10H3. The molecule has 3 aliphatic carbocycles. The van der Waals surface area contributed by atoms with E-state index in [0.717, 1.165) is 0 Å². The molecule has 0 heterocycles. The Kier molecular flexibility index (Phi) is 7.36. The maximum atomic E-state index is 2.49. The highest BCUT2D eigenvalue weighted by Crippen LogP contribution is 2.54. The minimum atomic E-state index is -0.118. The Hall–Kier alpha value is -5.46. The second kappa shape index (κ2) is 11.8. The molecule has 10 rings (SSSR count). The lowest BCUT2D eigenvalue weighted by atomic mass is 9.79. The van der Waals surface area contributed by atoms with Crippen LogP contribution >= 0.6 is 0 Å². The Labute approximate surface area is 334 Å². The van der Waals surface area contributed by atoms with Gasteiger partial charge in [-0.3, -0.25) is 0 Å². The van der Waals surface area contributed by atoms with Gasteiger partial charge in [-0.25, -0.2) is 0 Å². The van der Waals surface area contributed by atoms with Crippen molar-refractivity contribution in [2.24, 2.45) is 0 Å². The van der Waals surface area contributed by atoms with Gasteiger partial charge in [0.2, 0.25) is 0 Å². The fraction of sp³-hybridized carbons (Fsp3) is 0.250. The number of hydrogen-bond acceptors (Lipinski definition) is 0. The molecule has 0 amide bonds. The van der Waals surface area contributed by atoms with Crippen LogP contribution in [0.2, 0.25) is 0 Å². The van der Waals surface area contributed by atoms with E-state index in [1.165, 1.54) is 116 Å². The molecular formula is C56H52. The predicted molar refractivity (Wildman–Crippen MR) is 241 cm³/mol. The molecule has 0 aromatic heterocycles. The third-order valence-corrected chi connectivity index (χ3v) is 14.2. The number of benzene rings is 7. The van der Waals surface area contributed by atoms with E-state index < -0.39 is 0 Å². The average molecular weight is 725 g/mol. The van der Waals surface area contributed by atoms with Gasteiger partial charge in [-0.15, -0.1) is 0 Å². The van der Waals surface area contributed by atoms with Crippen molar-refractivity contribution in [3.05, 3.63) is 177 Å². The minimum Gasteiger partial charge on any atom is -0.0619 e. The second-order valence-electron chi connectivity index (χ2n) is 18.9. The van der Waals surface area contributed by atoms with E-state index in [1.54, 1.807) is 0 Å². The van der Waals surface area contributed by atoms with Crippen LogP contribution in [0.4, 0.5) is 0 Å². The highest BCUT2D eigenvalue weighted by atomic mass is 14.4. The molecule has 56 heavy (non-hydrogen) atoms. The van der Waals surface area contributed by atoms with E-state index in [4.69, 9.17) is 0 Å². The lowest BCUT2D eigenvalue weighted by Gasteiger charge is -2.24. The molecule has 276 valence electrons. The maximum Gasteiger partial charge on any atom is 0.0159 e. The molecule has 0 spiro atoms. The summed E-state index contributed by atoms with van der Waals surface area (Å²) in [5, 5.41) is 2.64. The van der Waals surface area contributed by atoms with Gasteiger partial charge in [-0.1, -0.05) is 152 Å². The third kappa shape index (κ3) is 4.84. The summed E-state index contributed by atoms with van der Waals surface area (Å²) in [6.07, 6.45) is 2.44. The Balaban J connectivity index is 1.00. The van der Waals surface area contributed by atoms with Gasteiger partial charge in [0.1, 0.15) is 0 Å². The zero-order valence-corrected chi connectivity index (χ0v) is 34.7. The first-order chi connectivity index (χ1) is 26.7. The molecule has 0 N–H and O–H groups in total. The highest BCUT2D eigenvalue weighted by Gasteiger charge is 2.39. The van der Waals surface area contributed by atoms with Gasteiger partial charge in [0.05, 0.1) is 0 Å². The van der Waals surface area contributed by atoms with Crippen molar-refractivity contribution in [2.45, 2.75) is 91.4 Å². The number of hydrogen-bond donors (Lipinski definition) is 0. The molecule has 0 bridgehead atoms. The molecule has 0 radical (unpaired) electrons. The summed E-state index contributed by atoms with van der Waals surface area (Å²) in [5.74, 6) is 0.520. The van der Waals surface area contributed by atoms with Crippen molar-refractivity contribution < 1.29 is 0 Å². The van der Waals surface area contributed by atoms with Gasteiger partial charge < -0.3 is 0 Å². The smallest absolute Gasteiger partial charge is 0.0159 e. The molecule has 0 fully saturated rings. The summed E-state index contributed by atoms with van der Waals surface area (Å²) in [7, 11) is 0. The van der Waals surface area contributed by atoms with Gasteiger partial charge in [-0.2, -0.15) is 0 Å².